The molecular formula is C17H20N6. The lowest BCUT2D eigenvalue weighted by atomic mass is 10.2. The molecule has 0 unspecified atom stereocenters. The van der Waals surface area contributed by atoms with Gasteiger partial charge in [0.15, 0.2) is 0 Å². The van der Waals surface area contributed by atoms with E-state index in [-0.39, 0.29) is 0 Å². The highest BCUT2D eigenvalue weighted by Crippen LogP contribution is 2.11. The Morgan fingerprint density at radius 3 is 2.43 bits per heavy atom. The number of fused-ring (bicyclic) bond motifs is 1. The van der Waals surface area contributed by atoms with Gasteiger partial charge in [0, 0.05) is 17.8 Å². The summed E-state index contributed by atoms with van der Waals surface area (Å²) >= 11 is 0. The molecule has 0 radical (unpaired) electrons. The van der Waals surface area contributed by atoms with E-state index >= 15 is 0 Å². The first kappa shape index (κ1) is 16.4. The Labute approximate surface area is 135 Å². The number of aryl methyl sites for hydroxylation is 2. The van der Waals surface area contributed by atoms with Crippen molar-refractivity contribution in [1.29, 1.82) is 0 Å². The van der Waals surface area contributed by atoms with E-state index in [9.17, 15) is 0 Å². The standard InChI is InChI=1S/C10H9N.C7H11N5/c1-8-6-9-4-2-3-5-10(9)11-7-8;1-6-2-3-7(10-4-6)12(9)5-11-8/h2-7H,1H3;2-5H,8-9H2,1H3/b;11-5-. The van der Waals surface area contributed by atoms with Gasteiger partial charge in [-0.3, -0.25) is 4.98 Å². The number of pyridine rings is 2. The number of para-hydroxylation sites is 1. The van der Waals surface area contributed by atoms with Crippen LogP contribution in [0.5, 0.6) is 0 Å². The molecule has 0 fully saturated rings. The molecular weight excluding hydrogens is 288 g/mol. The maximum absolute atomic E-state index is 5.50. The molecule has 6 heteroatoms. The van der Waals surface area contributed by atoms with Gasteiger partial charge in [-0.05, 0) is 43.2 Å². The largest absolute Gasteiger partial charge is 0.322 e. The summed E-state index contributed by atoms with van der Waals surface area (Å²) in [6.07, 6.45) is 4.90. The number of hydrogen-bond donors (Lipinski definition) is 2. The molecule has 0 amide bonds. The molecule has 23 heavy (non-hydrogen) atoms. The van der Waals surface area contributed by atoms with Gasteiger partial charge in [0.05, 0.1) is 5.52 Å². The SMILES string of the molecule is Cc1ccc(N(N)/C=N\N)nc1.Cc1cnc2ccccc2c1. The Bertz CT molecular complexity index is 782. The summed E-state index contributed by atoms with van der Waals surface area (Å²) in [4.78, 5) is 8.33. The fourth-order valence-corrected chi connectivity index (χ4v) is 1.92. The van der Waals surface area contributed by atoms with E-state index in [4.69, 9.17) is 11.7 Å². The van der Waals surface area contributed by atoms with Crippen LogP contribution in [0.25, 0.3) is 10.9 Å². The lowest BCUT2D eigenvalue weighted by molar-refractivity contribution is 1.07. The molecule has 3 aromatic rings. The Morgan fingerprint density at radius 1 is 1.00 bits per heavy atom. The monoisotopic (exact) mass is 308 g/mol. The smallest absolute Gasteiger partial charge is 0.148 e. The van der Waals surface area contributed by atoms with E-state index < -0.39 is 0 Å². The van der Waals surface area contributed by atoms with Gasteiger partial charge in [-0.2, -0.15) is 5.10 Å². The third-order valence-electron chi connectivity index (χ3n) is 3.08. The van der Waals surface area contributed by atoms with E-state index in [1.54, 1.807) is 12.3 Å². The van der Waals surface area contributed by atoms with Crippen molar-refractivity contribution in [1.82, 2.24) is 9.97 Å². The van der Waals surface area contributed by atoms with Crippen LogP contribution in [0.2, 0.25) is 0 Å². The normalized spacial score (nSPS) is 10.4. The van der Waals surface area contributed by atoms with E-state index in [0.29, 0.717) is 5.82 Å². The van der Waals surface area contributed by atoms with Gasteiger partial charge in [-0.25, -0.2) is 15.8 Å². The highest BCUT2D eigenvalue weighted by atomic mass is 15.4. The highest BCUT2D eigenvalue weighted by Gasteiger charge is 1.97. The predicted octanol–water partition coefficient (Wildman–Crippen LogP) is 2.52. The Morgan fingerprint density at radius 2 is 1.74 bits per heavy atom. The minimum atomic E-state index is 0.606. The fraction of sp³-hybridized carbons (Fsp3) is 0.118. The van der Waals surface area contributed by atoms with Crippen molar-refractivity contribution in [3.63, 3.8) is 0 Å². The molecule has 118 valence electrons. The zero-order valence-electron chi connectivity index (χ0n) is 13.2. The summed E-state index contributed by atoms with van der Waals surface area (Å²) < 4.78 is 0. The quantitative estimate of drug-likeness (QED) is 0.328. The maximum Gasteiger partial charge on any atom is 0.148 e. The molecule has 0 aliphatic carbocycles. The van der Waals surface area contributed by atoms with Crippen LogP contribution < -0.4 is 16.7 Å². The van der Waals surface area contributed by atoms with Crippen LogP contribution in [0.3, 0.4) is 0 Å². The number of nitrogens with two attached hydrogens (primary N) is 2. The van der Waals surface area contributed by atoms with Crippen molar-refractivity contribution in [2.75, 3.05) is 5.01 Å². The van der Waals surface area contributed by atoms with Crippen molar-refractivity contribution in [2.45, 2.75) is 13.8 Å². The molecule has 0 spiro atoms. The van der Waals surface area contributed by atoms with Crippen molar-refractivity contribution < 1.29 is 0 Å². The van der Waals surface area contributed by atoms with Crippen molar-refractivity contribution in [3.05, 3.63) is 66.0 Å². The zero-order chi connectivity index (χ0) is 16.7. The van der Waals surface area contributed by atoms with Crippen LogP contribution in [0.4, 0.5) is 5.82 Å². The summed E-state index contributed by atoms with van der Waals surface area (Å²) in [6.45, 7) is 4.01. The summed E-state index contributed by atoms with van der Waals surface area (Å²) in [5, 5.41) is 5.74. The number of hydrazone groups is 1. The number of aromatic nitrogens is 2. The molecule has 2 heterocycles. The first-order valence-corrected chi connectivity index (χ1v) is 7.11. The Hall–Kier alpha value is -2.99. The first-order valence-electron chi connectivity index (χ1n) is 7.11. The van der Waals surface area contributed by atoms with Gasteiger partial charge >= 0.3 is 0 Å². The summed E-state index contributed by atoms with van der Waals surface area (Å²) in [5.41, 5.74) is 3.36. The van der Waals surface area contributed by atoms with Gasteiger partial charge < -0.3 is 5.84 Å². The molecule has 0 aliphatic heterocycles. The van der Waals surface area contributed by atoms with Crippen LogP contribution in [0.15, 0.2) is 60.0 Å². The molecule has 0 saturated carbocycles. The number of anilines is 1. The molecule has 0 saturated heterocycles. The van der Waals surface area contributed by atoms with Gasteiger partial charge in [-0.15, -0.1) is 0 Å². The molecule has 2 aromatic heterocycles. The maximum atomic E-state index is 5.50. The van der Waals surface area contributed by atoms with E-state index in [1.807, 2.05) is 37.4 Å². The number of hydrogen-bond acceptors (Lipinski definition) is 5. The number of rotatable bonds is 2. The van der Waals surface area contributed by atoms with Crippen molar-refractivity contribution in [2.24, 2.45) is 16.8 Å². The molecule has 0 bridgehead atoms. The number of hydrazine groups is 1. The van der Waals surface area contributed by atoms with Gasteiger partial charge in [0.1, 0.15) is 12.2 Å². The highest BCUT2D eigenvalue weighted by molar-refractivity contribution is 5.78. The molecule has 0 atom stereocenters. The van der Waals surface area contributed by atoms with Crippen LogP contribution >= 0.6 is 0 Å². The van der Waals surface area contributed by atoms with Crippen LogP contribution in [-0.2, 0) is 0 Å². The second-order valence-electron chi connectivity index (χ2n) is 5.07. The third-order valence-corrected chi connectivity index (χ3v) is 3.08. The molecule has 6 nitrogen and oxygen atoms in total. The number of benzene rings is 1. The lowest BCUT2D eigenvalue weighted by Gasteiger charge is -2.09. The Kier molecular flexibility index (Phi) is 5.60. The minimum absolute atomic E-state index is 0.606. The molecule has 3 rings (SSSR count). The predicted molar refractivity (Wildman–Crippen MR) is 94.8 cm³/mol. The van der Waals surface area contributed by atoms with Crippen molar-refractivity contribution in [3.8, 4) is 0 Å². The lowest BCUT2D eigenvalue weighted by Crippen LogP contribution is -2.30. The Balaban J connectivity index is 0.000000167. The second kappa shape index (κ2) is 7.86. The average Bonchev–Trinajstić information content (AvgIpc) is 2.56. The topological polar surface area (TPSA) is 93.4 Å². The molecule has 0 aliphatic rings. The van der Waals surface area contributed by atoms with E-state index in [1.165, 1.54) is 22.3 Å². The first-order chi connectivity index (χ1) is 11.1. The van der Waals surface area contributed by atoms with Gasteiger partial charge in [0.2, 0.25) is 0 Å². The summed E-state index contributed by atoms with van der Waals surface area (Å²) in [5.74, 6) is 11.0. The summed E-state index contributed by atoms with van der Waals surface area (Å²) in [7, 11) is 0. The van der Waals surface area contributed by atoms with E-state index in [2.05, 4.69) is 34.1 Å². The van der Waals surface area contributed by atoms with Crippen LogP contribution in [-0.4, -0.2) is 16.3 Å². The van der Waals surface area contributed by atoms with Gasteiger partial charge in [-0.1, -0.05) is 24.3 Å². The third kappa shape index (κ3) is 4.76. The average molecular weight is 308 g/mol. The number of nitrogens with zero attached hydrogens (tertiary/aromatic N) is 4. The van der Waals surface area contributed by atoms with Crippen molar-refractivity contribution >= 4 is 23.1 Å². The van der Waals surface area contributed by atoms with Gasteiger partial charge in [0.25, 0.3) is 0 Å². The second-order valence-corrected chi connectivity index (χ2v) is 5.07. The molecule has 1 aromatic carbocycles. The fourth-order valence-electron chi connectivity index (χ4n) is 1.92. The van der Waals surface area contributed by atoms with Crippen LogP contribution in [0, 0.1) is 13.8 Å². The minimum Gasteiger partial charge on any atom is -0.322 e. The van der Waals surface area contributed by atoms with E-state index in [0.717, 1.165) is 11.1 Å². The zero-order valence-corrected chi connectivity index (χ0v) is 13.2. The van der Waals surface area contributed by atoms with Crippen LogP contribution in [0.1, 0.15) is 11.1 Å². The molecule has 4 N–H and O–H groups in total. The summed E-state index contributed by atoms with van der Waals surface area (Å²) in [6, 6.07) is 14.0.